The van der Waals surface area contributed by atoms with E-state index in [2.05, 4.69) is 15.9 Å². The molecule has 2 amide bonds. The number of thioether (sulfide) groups is 1. The summed E-state index contributed by atoms with van der Waals surface area (Å²) in [5.74, 6) is -0.123. The van der Waals surface area contributed by atoms with Crippen molar-refractivity contribution in [2.75, 3.05) is 13.2 Å². The number of hydrogen-bond donors (Lipinski definition) is 0. The summed E-state index contributed by atoms with van der Waals surface area (Å²) in [4.78, 5) is 39.2. The van der Waals surface area contributed by atoms with E-state index in [0.29, 0.717) is 21.9 Å². The van der Waals surface area contributed by atoms with Crippen molar-refractivity contribution in [3.05, 3.63) is 98.3 Å². The molecule has 34 heavy (non-hydrogen) atoms. The normalized spacial score (nSPS) is 14.5. The second-order valence-corrected chi connectivity index (χ2v) is 9.42. The van der Waals surface area contributed by atoms with Gasteiger partial charge in [-0.25, -0.2) is 4.79 Å². The van der Waals surface area contributed by atoms with Gasteiger partial charge in [0.2, 0.25) is 0 Å². The topological polar surface area (TPSA) is 72.9 Å². The highest BCUT2D eigenvalue weighted by Crippen LogP contribution is 2.35. The third-order valence-corrected chi connectivity index (χ3v) is 6.36. The van der Waals surface area contributed by atoms with E-state index in [1.807, 2.05) is 18.2 Å². The number of esters is 1. The van der Waals surface area contributed by atoms with E-state index in [0.717, 1.165) is 21.1 Å². The van der Waals surface area contributed by atoms with Crippen LogP contribution < -0.4 is 9.47 Å². The van der Waals surface area contributed by atoms with Crippen molar-refractivity contribution in [1.29, 1.82) is 0 Å². The van der Waals surface area contributed by atoms with Crippen molar-refractivity contribution in [3.8, 4) is 11.5 Å². The number of nitrogens with zero attached hydrogens (tertiary/aromatic N) is 1. The molecule has 3 aromatic carbocycles. The molecule has 6 nitrogen and oxygen atoms in total. The molecule has 1 fully saturated rings. The van der Waals surface area contributed by atoms with Crippen molar-refractivity contribution in [1.82, 2.24) is 4.90 Å². The molecule has 172 valence electrons. The number of amides is 2. The van der Waals surface area contributed by atoms with Gasteiger partial charge in [0.05, 0.1) is 17.0 Å². The van der Waals surface area contributed by atoms with E-state index in [1.54, 1.807) is 48.5 Å². The fourth-order valence-electron chi connectivity index (χ4n) is 3.10. The van der Waals surface area contributed by atoms with Crippen LogP contribution >= 0.6 is 39.3 Å². The molecule has 9 heteroatoms. The molecule has 3 aromatic rings. The Bertz CT molecular complexity index is 1280. The molecule has 0 bridgehead atoms. The first-order valence-electron chi connectivity index (χ1n) is 10.1. The SMILES string of the molecule is O=C(Oc1ccc(Br)cc1/C=C1\SC(=O)N(CCOc2ccccc2)C1=O)c1cccc(Cl)c1. The van der Waals surface area contributed by atoms with Gasteiger partial charge in [0.1, 0.15) is 18.1 Å². The zero-order valence-electron chi connectivity index (χ0n) is 17.6. The van der Waals surface area contributed by atoms with Crippen molar-refractivity contribution >= 4 is 62.5 Å². The first-order valence-corrected chi connectivity index (χ1v) is 12.1. The Labute approximate surface area is 213 Å². The number of benzene rings is 3. The smallest absolute Gasteiger partial charge is 0.343 e. The van der Waals surface area contributed by atoms with Gasteiger partial charge >= 0.3 is 5.97 Å². The number of para-hydroxylation sites is 1. The second kappa shape index (κ2) is 10.9. The van der Waals surface area contributed by atoms with Gasteiger partial charge < -0.3 is 9.47 Å². The molecule has 4 rings (SSSR count). The maximum Gasteiger partial charge on any atom is 0.343 e. The lowest BCUT2D eigenvalue weighted by molar-refractivity contribution is -0.123. The van der Waals surface area contributed by atoms with Crippen LogP contribution in [-0.4, -0.2) is 35.2 Å². The second-order valence-electron chi connectivity index (χ2n) is 7.08. The van der Waals surface area contributed by atoms with Crippen LogP contribution in [0.15, 0.2) is 82.2 Å². The Hall–Kier alpha value is -3.07. The molecule has 1 aliphatic heterocycles. The van der Waals surface area contributed by atoms with Gasteiger partial charge in [-0.2, -0.15) is 0 Å². The zero-order valence-corrected chi connectivity index (χ0v) is 20.7. The molecule has 1 saturated heterocycles. The van der Waals surface area contributed by atoms with Gasteiger partial charge in [0.25, 0.3) is 11.1 Å². The van der Waals surface area contributed by atoms with Crippen LogP contribution in [-0.2, 0) is 4.79 Å². The van der Waals surface area contributed by atoms with Crippen molar-refractivity contribution in [2.45, 2.75) is 0 Å². The molecule has 0 N–H and O–H groups in total. The zero-order chi connectivity index (χ0) is 24.1. The minimum absolute atomic E-state index is 0.117. The summed E-state index contributed by atoms with van der Waals surface area (Å²) in [6, 6.07) is 20.6. The van der Waals surface area contributed by atoms with Crippen molar-refractivity contribution < 1.29 is 23.9 Å². The molecule has 0 spiro atoms. The number of halogens is 2. The molecule has 0 saturated carbocycles. The molecule has 0 atom stereocenters. The fourth-order valence-corrected chi connectivity index (χ4v) is 4.53. The third kappa shape index (κ3) is 5.88. The lowest BCUT2D eigenvalue weighted by Gasteiger charge is -2.13. The van der Waals surface area contributed by atoms with Crippen LogP contribution in [0.4, 0.5) is 4.79 Å². The first kappa shape index (κ1) is 24.1. The molecular weight excluding hydrogens is 542 g/mol. The minimum atomic E-state index is -0.592. The third-order valence-electron chi connectivity index (χ3n) is 4.72. The van der Waals surface area contributed by atoms with Crippen LogP contribution in [0.3, 0.4) is 0 Å². The van der Waals surface area contributed by atoms with E-state index in [-0.39, 0.29) is 29.0 Å². The summed E-state index contributed by atoms with van der Waals surface area (Å²) < 4.78 is 11.9. The monoisotopic (exact) mass is 557 g/mol. The van der Waals surface area contributed by atoms with Gasteiger partial charge in [0, 0.05) is 15.1 Å². The lowest BCUT2D eigenvalue weighted by atomic mass is 10.1. The number of rotatable bonds is 7. The highest BCUT2D eigenvalue weighted by Gasteiger charge is 2.35. The van der Waals surface area contributed by atoms with Gasteiger partial charge in [-0.15, -0.1) is 0 Å². The number of hydrogen-bond acceptors (Lipinski definition) is 6. The van der Waals surface area contributed by atoms with Crippen LogP contribution in [0.25, 0.3) is 6.08 Å². The van der Waals surface area contributed by atoms with Crippen molar-refractivity contribution in [3.63, 3.8) is 0 Å². The lowest BCUT2D eigenvalue weighted by Crippen LogP contribution is -2.32. The largest absolute Gasteiger partial charge is 0.492 e. The summed E-state index contributed by atoms with van der Waals surface area (Å²) in [6.45, 7) is 0.292. The minimum Gasteiger partial charge on any atom is -0.492 e. The average molecular weight is 559 g/mol. The predicted octanol–water partition coefficient (Wildman–Crippen LogP) is 6.44. The Morgan fingerprint density at radius 3 is 2.59 bits per heavy atom. The summed E-state index contributed by atoms with van der Waals surface area (Å²) >= 11 is 10.2. The highest BCUT2D eigenvalue weighted by molar-refractivity contribution is 9.10. The van der Waals surface area contributed by atoms with Crippen LogP contribution in [0, 0.1) is 0 Å². The van der Waals surface area contributed by atoms with Crippen LogP contribution in [0.2, 0.25) is 5.02 Å². The number of ether oxygens (including phenoxy) is 2. The van der Waals surface area contributed by atoms with Gasteiger partial charge in [-0.05, 0) is 66.4 Å². The highest BCUT2D eigenvalue weighted by atomic mass is 79.9. The van der Waals surface area contributed by atoms with Gasteiger partial charge in [-0.1, -0.05) is 51.8 Å². The maximum atomic E-state index is 12.9. The molecule has 1 heterocycles. The number of imide groups is 1. The summed E-state index contributed by atoms with van der Waals surface area (Å²) in [6.07, 6.45) is 1.54. The maximum absolute atomic E-state index is 12.9. The molecule has 0 unspecified atom stereocenters. The number of carbonyl (C=O) groups is 3. The van der Waals surface area contributed by atoms with E-state index >= 15 is 0 Å². The first-order chi connectivity index (χ1) is 16.4. The predicted molar refractivity (Wildman–Crippen MR) is 135 cm³/mol. The Morgan fingerprint density at radius 2 is 1.82 bits per heavy atom. The van der Waals surface area contributed by atoms with E-state index in [9.17, 15) is 14.4 Å². The van der Waals surface area contributed by atoms with Crippen LogP contribution in [0.1, 0.15) is 15.9 Å². The Balaban J connectivity index is 1.49. The van der Waals surface area contributed by atoms with E-state index in [4.69, 9.17) is 21.1 Å². The van der Waals surface area contributed by atoms with E-state index in [1.165, 1.54) is 12.1 Å². The number of carbonyl (C=O) groups excluding carboxylic acids is 3. The average Bonchev–Trinajstić information content (AvgIpc) is 3.09. The van der Waals surface area contributed by atoms with E-state index < -0.39 is 11.9 Å². The Kier molecular flexibility index (Phi) is 7.72. The molecular formula is C25H17BrClNO5S. The molecule has 0 aromatic heterocycles. The fraction of sp³-hybridized carbons (Fsp3) is 0.0800. The molecule has 1 aliphatic rings. The summed E-state index contributed by atoms with van der Waals surface area (Å²) in [5.41, 5.74) is 0.760. The van der Waals surface area contributed by atoms with Gasteiger partial charge in [0.15, 0.2) is 0 Å². The summed E-state index contributed by atoms with van der Waals surface area (Å²) in [5, 5.41) is 0.0239. The van der Waals surface area contributed by atoms with Gasteiger partial charge in [-0.3, -0.25) is 14.5 Å². The molecule has 0 radical (unpaired) electrons. The summed E-state index contributed by atoms with van der Waals surface area (Å²) in [7, 11) is 0. The van der Waals surface area contributed by atoms with Crippen LogP contribution in [0.5, 0.6) is 11.5 Å². The molecule has 0 aliphatic carbocycles. The standard InChI is InChI=1S/C25H17BrClNO5S/c26-18-9-10-21(33-24(30)16-5-4-6-19(27)14-16)17(13-18)15-22-23(29)28(25(31)34-22)11-12-32-20-7-2-1-3-8-20/h1-10,13-15H,11-12H2/b22-15-. The quantitative estimate of drug-likeness (QED) is 0.189. The Morgan fingerprint density at radius 1 is 1.03 bits per heavy atom. The van der Waals surface area contributed by atoms with Crippen molar-refractivity contribution in [2.24, 2.45) is 0 Å².